The Morgan fingerprint density at radius 2 is 1.95 bits per heavy atom. The first-order chi connectivity index (χ1) is 9.70. The number of halogens is 1. The number of hydrogen-bond donors (Lipinski definition) is 0. The summed E-state index contributed by atoms with van der Waals surface area (Å²) in [4.78, 5) is 13.7. The van der Waals surface area contributed by atoms with Crippen LogP contribution >= 0.6 is 15.9 Å². The van der Waals surface area contributed by atoms with Crippen molar-refractivity contribution in [3.63, 3.8) is 0 Å². The molecule has 0 atom stereocenters. The molecule has 2 aromatic carbocycles. The van der Waals surface area contributed by atoms with E-state index in [9.17, 15) is 4.79 Å². The van der Waals surface area contributed by atoms with Crippen molar-refractivity contribution in [1.29, 1.82) is 0 Å². The van der Waals surface area contributed by atoms with E-state index in [4.69, 9.17) is 4.74 Å². The number of aliphatic imine (C=N–C) groups is 1. The average Bonchev–Trinajstić information content (AvgIpc) is 2.45. The molecule has 0 radical (unpaired) electrons. The largest absolute Gasteiger partial charge is 0.487 e. The van der Waals surface area contributed by atoms with Gasteiger partial charge < -0.3 is 4.74 Å². The summed E-state index contributed by atoms with van der Waals surface area (Å²) in [5.41, 5.74) is 3.07. The molecular weight excluding hydrogens is 318 g/mol. The van der Waals surface area contributed by atoms with Gasteiger partial charge in [0.15, 0.2) is 0 Å². The van der Waals surface area contributed by atoms with Crippen molar-refractivity contribution in [2.75, 3.05) is 0 Å². The van der Waals surface area contributed by atoms with Crippen molar-refractivity contribution in [1.82, 2.24) is 0 Å². The Hall–Kier alpha value is -1.90. The third-order valence-electron chi connectivity index (χ3n) is 2.84. The standard InChI is InChI=1S/C16H14BrNO2/c1-12-7-14(9-18-11-19)8-15(17)16(12)20-10-13-5-3-2-4-6-13/h2-8H,9-10H2,1H3. The number of benzene rings is 2. The van der Waals surface area contributed by atoms with Gasteiger partial charge in [0.1, 0.15) is 12.4 Å². The van der Waals surface area contributed by atoms with Gasteiger partial charge in [-0.15, -0.1) is 0 Å². The van der Waals surface area contributed by atoms with Gasteiger partial charge >= 0.3 is 0 Å². The molecule has 0 bridgehead atoms. The molecule has 102 valence electrons. The molecule has 3 nitrogen and oxygen atoms in total. The van der Waals surface area contributed by atoms with Gasteiger partial charge in [-0.25, -0.2) is 9.79 Å². The van der Waals surface area contributed by atoms with Crippen LogP contribution in [0.1, 0.15) is 16.7 Å². The highest BCUT2D eigenvalue weighted by Gasteiger charge is 2.08. The molecule has 0 aliphatic rings. The molecule has 0 amide bonds. The van der Waals surface area contributed by atoms with Crippen LogP contribution in [0.5, 0.6) is 5.75 Å². The highest BCUT2D eigenvalue weighted by molar-refractivity contribution is 9.10. The summed E-state index contributed by atoms with van der Waals surface area (Å²) >= 11 is 3.50. The van der Waals surface area contributed by atoms with Gasteiger partial charge in [-0.1, -0.05) is 36.4 Å². The number of carbonyl (C=O) groups excluding carboxylic acids is 1. The molecule has 2 rings (SSSR count). The Morgan fingerprint density at radius 1 is 1.20 bits per heavy atom. The van der Waals surface area contributed by atoms with Gasteiger partial charge in [-0.05, 0) is 45.6 Å². The first-order valence-electron chi connectivity index (χ1n) is 6.20. The highest BCUT2D eigenvalue weighted by atomic mass is 79.9. The Balaban J connectivity index is 2.14. The number of ether oxygens (including phenoxy) is 1. The number of rotatable bonds is 5. The van der Waals surface area contributed by atoms with Crippen molar-refractivity contribution < 1.29 is 9.53 Å². The fourth-order valence-electron chi connectivity index (χ4n) is 1.93. The predicted octanol–water partition coefficient (Wildman–Crippen LogP) is 4.17. The second-order valence-corrected chi connectivity index (χ2v) is 5.26. The Morgan fingerprint density at radius 3 is 2.60 bits per heavy atom. The van der Waals surface area contributed by atoms with E-state index in [0.717, 1.165) is 26.9 Å². The first kappa shape index (κ1) is 14.5. The Kier molecular flexibility index (Phi) is 5.10. The van der Waals surface area contributed by atoms with Crippen molar-refractivity contribution in [3.8, 4) is 5.75 Å². The Labute approximate surface area is 126 Å². The molecule has 0 heterocycles. The lowest BCUT2D eigenvalue weighted by Gasteiger charge is -2.12. The lowest BCUT2D eigenvalue weighted by Crippen LogP contribution is -1.98. The van der Waals surface area contributed by atoms with Crippen molar-refractivity contribution in [2.45, 2.75) is 20.1 Å². The molecular formula is C16H14BrNO2. The molecule has 0 aromatic heterocycles. The normalized spacial score (nSPS) is 9.90. The van der Waals surface area contributed by atoms with Crippen LogP contribution in [0.15, 0.2) is 51.9 Å². The maximum absolute atomic E-state index is 10.1. The van der Waals surface area contributed by atoms with E-state index in [-0.39, 0.29) is 0 Å². The van der Waals surface area contributed by atoms with Crippen LogP contribution in [0.25, 0.3) is 0 Å². The molecule has 0 fully saturated rings. The third kappa shape index (κ3) is 3.80. The van der Waals surface area contributed by atoms with E-state index in [2.05, 4.69) is 20.9 Å². The summed E-state index contributed by atoms with van der Waals surface area (Å²) in [5, 5.41) is 0. The first-order valence-corrected chi connectivity index (χ1v) is 6.99. The van der Waals surface area contributed by atoms with E-state index in [1.807, 2.05) is 49.4 Å². The zero-order valence-corrected chi connectivity index (χ0v) is 12.7. The molecule has 4 heteroatoms. The molecule has 20 heavy (non-hydrogen) atoms. The van der Waals surface area contributed by atoms with E-state index >= 15 is 0 Å². The number of nitrogens with zero attached hydrogens (tertiary/aromatic N) is 1. The number of aryl methyl sites for hydroxylation is 1. The van der Waals surface area contributed by atoms with Gasteiger partial charge in [-0.2, -0.15) is 0 Å². The summed E-state index contributed by atoms with van der Waals surface area (Å²) in [6, 6.07) is 13.9. The monoisotopic (exact) mass is 331 g/mol. The van der Waals surface area contributed by atoms with Gasteiger partial charge in [0.2, 0.25) is 6.08 Å². The van der Waals surface area contributed by atoms with Crippen molar-refractivity contribution in [3.05, 3.63) is 63.6 Å². The molecule has 0 saturated heterocycles. The fourth-order valence-corrected chi connectivity index (χ4v) is 2.65. The molecule has 0 saturated carbocycles. The highest BCUT2D eigenvalue weighted by Crippen LogP contribution is 2.31. The molecule has 2 aromatic rings. The minimum atomic E-state index is 0.335. The summed E-state index contributed by atoms with van der Waals surface area (Å²) in [6.07, 6.45) is 1.54. The van der Waals surface area contributed by atoms with Gasteiger partial charge in [0.05, 0.1) is 11.0 Å². The second kappa shape index (κ2) is 7.04. The van der Waals surface area contributed by atoms with Crippen LogP contribution in [-0.4, -0.2) is 6.08 Å². The van der Waals surface area contributed by atoms with E-state index in [0.29, 0.717) is 13.2 Å². The lowest BCUT2D eigenvalue weighted by molar-refractivity contribution is 0.302. The average molecular weight is 332 g/mol. The zero-order valence-electron chi connectivity index (χ0n) is 11.1. The SMILES string of the molecule is Cc1cc(CN=C=O)cc(Br)c1OCc1ccccc1. The van der Waals surface area contributed by atoms with Crippen molar-refractivity contribution in [2.24, 2.45) is 4.99 Å². The van der Waals surface area contributed by atoms with Gasteiger partial charge in [0, 0.05) is 0 Å². The molecule has 0 unspecified atom stereocenters. The second-order valence-electron chi connectivity index (χ2n) is 4.41. The quantitative estimate of drug-likeness (QED) is 0.609. The van der Waals surface area contributed by atoms with Crippen LogP contribution in [0.4, 0.5) is 0 Å². The van der Waals surface area contributed by atoms with Crippen LogP contribution in [0.3, 0.4) is 0 Å². The predicted molar refractivity (Wildman–Crippen MR) is 81.5 cm³/mol. The molecule has 0 aliphatic heterocycles. The number of hydrogen-bond acceptors (Lipinski definition) is 3. The topological polar surface area (TPSA) is 38.7 Å². The van der Waals surface area contributed by atoms with E-state index in [1.54, 1.807) is 6.08 Å². The van der Waals surface area contributed by atoms with Gasteiger partial charge in [-0.3, -0.25) is 0 Å². The molecule has 0 spiro atoms. The summed E-state index contributed by atoms with van der Waals surface area (Å²) in [6.45, 7) is 2.83. The van der Waals surface area contributed by atoms with Crippen molar-refractivity contribution >= 4 is 22.0 Å². The third-order valence-corrected chi connectivity index (χ3v) is 3.43. The molecule has 0 N–H and O–H groups in total. The van der Waals surface area contributed by atoms with Crippen LogP contribution in [0.2, 0.25) is 0 Å². The Bertz CT molecular complexity index is 611. The van der Waals surface area contributed by atoms with E-state index < -0.39 is 0 Å². The zero-order chi connectivity index (χ0) is 14.4. The van der Waals surface area contributed by atoms with Crippen LogP contribution < -0.4 is 4.74 Å². The van der Waals surface area contributed by atoms with E-state index in [1.165, 1.54) is 0 Å². The lowest BCUT2D eigenvalue weighted by atomic mass is 10.1. The smallest absolute Gasteiger partial charge is 0.235 e. The van der Waals surface area contributed by atoms with Crippen LogP contribution in [0, 0.1) is 6.92 Å². The van der Waals surface area contributed by atoms with Crippen LogP contribution in [-0.2, 0) is 17.9 Å². The summed E-state index contributed by atoms with van der Waals surface area (Å²) in [7, 11) is 0. The fraction of sp³-hybridized carbons (Fsp3) is 0.188. The number of isocyanates is 1. The molecule has 0 aliphatic carbocycles. The maximum Gasteiger partial charge on any atom is 0.235 e. The minimum Gasteiger partial charge on any atom is -0.487 e. The summed E-state index contributed by atoms with van der Waals surface area (Å²) < 4.78 is 6.72. The summed E-state index contributed by atoms with van der Waals surface area (Å²) in [5.74, 6) is 0.813. The maximum atomic E-state index is 10.1. The van der Waals surface area contributed by atoms with Gasteiger partial charge in [0.25, 0.3) is 0 Å². The minimum absolute atomic E-state index is 0.335.